The molecular formula is C13H18BrNO. The number of likely N-dealkylation sites (N-methyl/N-ethyl adjacent to an activating group) is 1. The van der Waals surface area contributed by atoms with E-state index < -0.39 is 0 Å². The Hall–Kier alpha value is -0.540. The van der Waals surface area contributed by atoms with Gasteiger partial charge in [-0.2, -0.15) is 0 Å². The molecule has 0 spiro atoms. The maximum atomic E-state index is 5.97. The van der Waals surface area contributed by atoms with E-state index in [1.54, 1.807) is 0 Å². The second-order valence-corrected chi connectivity index (χ2v) is 5.57. The largest absolute Gasteiger partial charge is 0.488 e. The van der Waals surface area contributed by atoms with Gasteiger partial charge < -0.3 is 10.1 Å². The van der Waals surface area contributed by atoms with Gasteiger partial charge in [-0.15, -0.1) is 0 Å². The van der Waals surface area contributed by atoms with Gasteiger partial charge in [-0.1, -0.05) is 29.8 Å². The fourth-order valence-electron chi connectivity index (χ4n) is 2.33. The lowest BCUT2D eigenvalue weighted by Crippen LogP contribution is -2.25. The first-order valence-corrected chi connectivity index (χ1v) is 6.51. The van der Waals surface area contributed by atoms with Crippen LogP contribution in [0.25, 0.3) is 0 Å². The van der Waals surface area contributed by atoms with Crippen LogP contribution in [0.1, 0.15) is 43.9 Å². The molecule has 88 valence electrons. The van der Waals surface area contributed by atoms with Gasteiger partial charge in [0.05, 0.1) is 6.04 Å². The van der Waals surface area contributed by atoms with Crippen LogP contribution in [0.3, 0.4) is 0 Å². The molecule has 0 saturated carbocycles. The number of hydrogen-bond acceptors (Lipinski definition) is 2. The predicted octanol–water partition coefficient (Wildman–Crippen LogP) is 3.61. The van der Waals surface area contributed by atoms with E-state index in [1.807, 2.05) is 7.05 Å². The fourth-order valence-corrected chi connectivity index (χ4v) is 2.82. The summed E-state index contributed by atoms with van der Waals surface area (Å²) in [7, 11) is 1.98. The van der Waals surface area contributed by atoms with Gasteiger partial charge in [-0.05, 0) is 37.6 Å². The van der Waals surface area contributed by atoms with Crippen molar-refractivity contribution in [3.8, 4) is 5.75 Å². The highest BCUT2D eigenvalue weighted by Crippen LogP contribution is 2.43. The van der Waals surface area contributed by atoms with Crippen LogP contribution in [-0.4, -0.2) is 13.2 Å². The van der Waals surface area contributed by atoms with E-state index in [4.69, 9.17) is 4.74 Å². The molecule has 0 aromatic heterocycles. The van der Waals surface area contributed by atoms with Crippen molar-refractivity contribution in [3.05, 3.63) is 27.7 Å². The van der Waals surface area contributed by atoms with Gasteiger partial charge in [0, 0.05) is 10.0 Å². The first-order valence-electron chi connectivity index (χ1n) is 5.71. The molecule has 0 radical (unpaired) electrons. The molecule has 1 aliphatic rings. The van der Waals surface area contributed by atoms with E-state index in [-0.39, 0.29) is 6.10 Å². The molecule has 2 unspecified atom stereocenters. The van der Waals surface area contributed by atoms with Gasteiger partial charge in [0.1, 0.15) is 11.9 Å². The molecule has 1 heterocycles. The molecule has 16 heavy (non-hydrogen) atoms. The number of benzene rings is 1. The summed E-state index contributed by atoms with van der Waals surface area (Å²) in [6.45, 7) is 6.50. The normalized spacial score (nSPS) is 23.4. The summed E-state index contributed by atoms with van der Waals surface area (Å²) < 4.78 is 7.11. The van der Waals surface area contributed by atoms with Crippen LogP contribution < -0.4 is 10.1 Å². The Balaban J connectivity index is 2.55. The molecule has 1 aromatic rings. The molecule has 0 amide bonds. The molecule has 1 aliphatic heterocycles. The third-order valence-corrected chi connectivity index (χ3v) is 3.61. The van der Waals surface area contributed by atoms with Crippen LogP contribution in [0.15, 0.2) is 16.6 Å². The Labute approximate surface area is 106 Å². The third-order valence-electron chi connectivity index (χ3n) is 3.15. The third kappa shape index (κ3) is 1.87. The van der Waals surface area contributed by atoms with Crippen molar-refractivity contribution in [1.29, 1.82) is 0 Å². The Morgan fingerprint density at radius 2 is 2.06 bits per heavy atom. The highest BCUT2D eigenvalue weighted by atomic mass is 79.9. The molecule has 3 heteroatoms. The lowest BCUT2D eigenvalue weighted by molar-refractivity contribution is 0.212. The summed E-state index contributed by atoms with van der Waals surface area (Å²) in [5, 5.41) is 3.32. The van der Waals surface area contributed by atoms with Crippen LogP contribution in [0, 0.1) is 0 Å². The summed E-state index contributed by atoms with van der Waals surface area (Å²) in [5.74, 6) is 1.55. The van der Waals surface area contributed by atoms with Gasteiger partial charge in [0.2, 0.25) is 0 Å². The number of fused-ring (bicyclic) bond motifs is 1. The lowest BCUT2D eigenvalue weighted by Gasteiger charge is -2.12. The Morgan fingerprint density at radius 3 is 2.62 bits per heavy atom. The zero-order chi connectivity index (χ0) is 11.9. The van der Waals surface area contributed by atoms with Gasteiger partial charge in [-0.25, -0.2) is 0 Å². The first kappa shape index (κ1) is 11.9. The van der Waals surface area contributed by atoms with Crippen molar-refractivity contribution in [3.63, 3.8) is 0 Å². The number of hydrogen-bond donors (Lipinski definition) is 1. The number of nitrogens with one attached hydrogen (secondary N) is 1. The predicted molar refractivity (Wildman–Crippen MR) is 70.1 cm³/mol. The fraction of sp³-hybridized carbons (Fsp3) is 0.538. The minimum absolute atomic E-state index is 0.201. The van der Waals surface area contributed by atoms with E-state index in [9.17, 15) is 0 Å². The Morgan fingerprint density at radius 1 is 1.38 bits per heavy atom. The van der Waals surface area contributed by atoms with E-state index >= 15 is 0 Å². The van der Waals surface area contributed by atoms with E-state index in [0.29, 0.717) is 12.0 Å². The minimum Gasteiger partial charge on any atom is -0.488 e. The van der Waals surface area contributed by atoms with E-state index in [2.05, 4.69) is 54.2 Å². The second kappa shape index (κ2) is 4.38. The maximum absolute atomic E-state index is 5.97. The Bertz CT molecular complexity index is 403. The summed E-state index contributed by atoms with van der Waals surface area (Å²) in [5.41, 5.74) is 2.56. The highest BCUT2D eigenvalue weighted by molar-refractivity contribution is 9.10. The molecule has 0 bridgehead atoms. The average molecular weight is 284 g/mol. The number of ether oxygens (including phenoxy) is 1. The van der Waals surface area contributed by atoms with Gasteiger partial charge in [-0.3, -0.25) is 0 Å². The van der Waals surface area contributed by atoms with Gasteiger partial charge >= 0.3 is 0 Å². The van der Waals surface area contributed by atoms with Crippen LogP contribution >= 0.6 is 15.9 Å². The van der Waals surface area contributed by atoms with Crippen LogP contribution in [0.2, 0.25) is 0 Å². The van der Waals surface area contributed by atoms with E-state index in [0.717, 1.165) is 10.2 Å². The molecule has 0 saturated heterocycles. The van der Waals surface area contributed by atoms with Gasteiger partial charge in [0.25, 0.3) is 0 Å². The summed E-state index contributed by atoms with van der Waals surface area (Å²) >= 11 is 3.58. The van der Waals surface area contributed by atoms with Crippen LogP contribution in [-0.2, 0) is 0 Å². The molecule has 0 fully saturated rings. The number of halogens is 1. The van der Waals surface area contributed by atoms with Crippen molar-refractivity contribution in [1.82, 2.24) is 5.32 Å². The topological polar surface area (TPSA) is 21.3 Å². The summed E-state index contributed by atoms with van der Waals surface area (Å²) in [6, 6.07) is 4.62. The van der Waals surface area contributed by atoms with Crippen molar-refractivity contribution < 1.29 is 4.74 Å². The molecule has 0 aliphatic carbocycles. The summed E-state index contributed by atoms with van der Waals surface area (Å²) in [6.07, 6.45) is 0.201. The maximum Gasteiger partial charge on any atom is 0.128 e. The van der Waals surface area contributed by atoms with Crippen LogP contribution in [0.5, 0.6) is 5.75 Å². The van der Waals surface area contributed by atoms with Crippen LogP contribution in [0.4, 0.5) is 0 Å². The monoisotopic (exact) mass is 283 g/mol. The standard InChI is InChI=1S/C13H18BrNO/c1-7(2)10-5-9(14)6-11-12(15-4)8(3)16-13(10)11/h5-8,12,15H,1-4H3. The molecule has 2 nitrogen and oxygen atoms in total. The number of rotatable bonds is 2. The minimum atomic E-state index is 0.201. The van der Waals surface area contributed by atoms with Crippen molar-refractivity contribution >= 4 is 15.9 Å². The second-order valence-electron chi connectivity index (χ2n) is 4.66. The Kier molecular flexibility index (Phi) is 3.27. The quantitative estimate of drug-likeness (QED) is 0.895. The SMILES string of the molecule is CNC1c2cc(Br)cc(C(C)C)c2OC1C. The lowest BCUT2D eigenvalue weighted by atomic mass is 9.96. The average Bonchev–Trinajstić information content (AvgIpc) is 2.52. The summed E-state index contributed by atoms with van der Waals surface area (Å²) in [4.78, 5) is 0. The van der Waals surface area contributed by atoms with Crippen molar-refractivity contribution in [2.75, 3.05) is 7.05 Å². The zero-order valence-electron chi connectivity index (χ0n) is 10.2. The van der Waals surface area contributed by atoms with E-state index in [1.165, 1.54) is 11.1 Å². The zero-order valence-corrected chi connectivity index (χ0v) is 11.8. The molecule has 1 N–H and O–H groups in total. The molecule has 2 atom stereocenters. The first-order chi connectivity index (χ1) is 7.54. The molecular weight excluding hydrogens is 266 g/mol. The van der Waals surface area contributed by atoms with Crippen molar-refractivity contribution in [2.45, 2.75) is 38.8 Å². The van der Waals surface area contributed by atoms with Crippen molar-refractivity contribution in [2.24, 2.45) is 0 Å². The smallest absolute Gasteiger partial charge is 0.128 e. The highest BCUT2D eigenvalue weighted by Gasteiger charge is 2.32. The van der Waals surface area contributed by atoms with Gasteiger partial charge in [0.15, 0.2) is 0 Å². The molecule has 2 rings (SSSR count). The molecule has 1 aromatic carbocycles.